The van der Waals surface area contributed by atoms with E-state index in [1.807, 2.05) is 19.9 Å². The summed E-state index contributed by atoms with van der Waals surface area (Å²) in [7, 11) is 0. The average Bonchev–Trinajstić information content (AvgIpc) is 2.71. The van der Waals surface area contributed by atoms with Crippen LogP contribution in [0.15, 0.2) is 6.07 Å². The van der Waals surface area contributed by atoms with Crippen molar-refractivity contribution in [2.24, 2.45) is 0 Å². The molecule has 1 aliphatic rings. The second kappa shape index (κ2) is 5.87. The van der Waals surface area contributed by atoms with Gasteiger partial charge in [-0.3, -0.25) is 20.4 Å². The summed E-state index contributed by atoms with van der Waals surface area (Å²) in [6, 6.07) is 1.84. The molecule has 2 N–H and O–H groups in total. The number of anilines is 1. The maximum absolute atomic E-state index is 11.7. The molecule has 1 saturated heterocycles. The van der Waals surface area contributed by atoms with Gasteiger partial charge in [0, 0.05) is 11.4 Å². The highest BCUT2D eigenvalue weighted by Gasteiger charge is 2.22. The van der Waals surface area contributed by atoms with Crippen molar-refractivity contribution in [2.75, 3.05) is 23.6 Å². The Balaban J connectivity index is 1.84. The first kappa shape index (κ1) is 13.6. The minimum Gasteiger partial charge on any atom is -0.323 e. The van der Waals surface area contributed by atoms with E-state index in [-0.39, 0.29) is 18.4 Å². The van der Waals surface area contributed by atoms with E-state index >= 15 is 0 Å². The standard InChI is InChI=1S/C11H15N5O2S/c1-7-3-8(2)13-11(12-7)15-14-9(17)4-16-6-19-5-10(16)18/h3H,4-6H2,1-2H3,(H,14,17)(H,12,13,15). The maximum Gasteiger partial charge on any atom is 0.258 e. The molecule has 102 valence electrons. The third-order valence-electron chi connectivity index (χ3n) is 2.46. The molecule has 0 saturated carbocycles. The lowest BCUT2D eigenvalue weighted by molar-refractivity contribution is -0.132. The van der Waals surface area contributed by atoms with Gasteiger partial charge in [0.15, 0.2) is 0 Å². The molecule has 0 aliphatic carbocycles. The number of carbonyl (C=O) groups is 2. The van der Waals surface area contributed by atoms with Gasteiger partial charge in [-0.15, -0.1) is 11.8 Å². The van der Waals surface area contributed by atoms with Crippen LogP contribution in [0.5, 0.6) is 0 Å². The molecule has 2 heterocycles. The zero-order valence-corrected chi connectivity index (χ0v) is 11.6. The molecular weight excluding hydrogens is 266 g/mol. The van der Waals surface area contributed by atoms with Crippen LogP contribution >= 0.6 is 11.8 Å². The van der Waals surface area contributed by atoms with Gasteiger partial charge in [-0.1, -0.05) is 0 Å². The largest absolute Gasteiger partial charge is 0.323 e. The molecule has 1 fully saturated rings. The fraction of sp³-hybridized carbons (Fsp3) is 0.455. The Kier molecular flexibility index (Phi) is 4.20. The van der Waals surface area contributed by atoms with Gasteiger partial charge in [0.1, 0.15) is 6.54 Å². The minimum absolute atomic E-state index is 0.0113. The lowest BCUT2D eigenvalue weighted by Gasteiger charge is -2.14. The SMILES string of the molecule is Cc1cc(C)nc(NNC(=O)CN2CSCC2=O)n1. The van der Waals surface area contributed by atoms with E-state index in [1.54, 1.807) is 0 Å². The molecule has 1 aliphatic heterocycles. The number of aryl methyl sites for hydroxylation is 2. The van der Waals surface area contributed by atoms with Crippen molar-refractivity contribution >= 4 is 29.5 Å². The molecular formula is C11H15N5O2S. The van der Waals surface area contributed by atoms with Crippen LogP contribution in [-0.2, 0) is 9.59 Å². The van der Waals surface area contributed by atoms with Crippen molar-refractivity contribution in [3.8, 4) is 0 Å². The van der Waals surface area contributed by atoms with E-state index in [2.05, 4.69) is 20.8 Å². The molecule has 7 nitrogen and oxygen atoms in total. The molecule has 2 rings (SSSR count). The van der Waals surface area contributed by atoms with E-state index in [0.29, 0.717) is 17.6 Å². The highest BCUT2D eigenvalue weighted by Crippen LogP contribution is 2.13. The molecule has 1 aromatic rings. The van der Waals surface area contributed by atoms with Gasteiger partial charge >= 0.3 is 0 Å². The third-order valence-corrected chi connectivity index (χ3v) is 3.40. The molecule has 19 heavy (non-hydrogen) atoms. The number of hydrogen-bond acceptors (Lipinski definition) is 6. The molecule has 0 aromatic carbocycles. The normalized spacial score (nSPS) is 14.6. The molecule has 0 radical (unpaired) electrons. The van der Waals surface area contributed by atoms with Gasteiger partial charge in [0.05, 0.1) is 11.6 Å². The zero-order chi connectivity index (χ0) is 13.8. The van der Waals surface area contributed by atoms with Gasteiger partial charge in [-0.05, 0) is 19.9 Å². The van der Waals surface area contributed by atoms with Crippen LogP contribution in [0, 0.1) is 13.8 Å². The Morgan fingerprint density at radius 3 is 2.68 bits per heavy atom. The fourth-order valence-electron chi connectivity index (χ4n) is 1.66. The van der Waals surface area contributed by atoms with Gasteiger partial charge in [0.25, 0.3) is 5.91 Å². The van der Waals surface area contributed by atoms with Crippen molar-refractivity contribution < 1.29 is 9.59 Å². The summed E-state index contributed by atoms with van der Waals surface area (Å²) in [5.74, 6) is 1.04. The number of thioether (sulfide) groups is 1. The topological polar surface area (TPSA) is 87.2 Å². The van der Waals surface area contributed by atoms with Crippen LogP contribution in [0.25, 0.3) is 0 Å². The summed E-state index contributed by atoms with van der Waals surface area (Å²) in [5.41, 5.74) is 6.76. The van der Waals surface area contributed by atoms with Crippen molar-refractivity contribution in [3.63, 3.8) is 0 Å². The molecule has 0 bridgehead atoms. The Hall–Kier alpha value is -1.83. The number of rotatable bonds is 4. The van der Waals surface area contributed by atoms with Crippen LogP contribution < -0.4 is 10.9 Å². The summed E-state index contributed by atoms with van der Waals surface area (Å²) in [6.45, 7) is 3.74. The van der Waals surface area contributed by atoms with Crippen molar-refractivity contribution in [2.45, 2.75) is 13.8 Å². The number of hydrazine groups is 1. The Labute approximate surface area is 115 Å². The summed E-state index contributed by atoms with van der Waals surface area (Å²) >= 11 is 1.50. The Morgan fingerprint density at radius 2 is 2.11 bits per heavy atom. The third kappa shape index (κ3) is 3.82. The second-order valence-electron chi connectivity index (χ2n) is 4.22. The van der Waals surface area contributed by atoms with E-state index in [1.165, 1.54) is 16.7 Å². The summed E-state index contributed by atoms with van der Waals surface area (Å²) in [4.78, 5) is 32.8. The minimum atomic E-state index is -0.293. The highest BCUT2D eigenvalue weighted by atomic mass is 32.2. The van der Waals surface area contributed by atoms with Crippen molar-refractivity contribution in [1.29, 1.82) is 0 Å². The average molecular weight is 281 g/mol. The van der Waals surface area contributed by atoms with Gasteiger partial charge in [0.2, 0.25) is 11.9 Å². The number of carbonyl (C=O) groups excluding carboxylic acids is 2. The Bertz CT molecular complexity index is 488. The fourth-order valence-corrected chi connectivity index (χ4v) is 2.56. The zero-order valence-electron chi connectivity index (χ0n) is 10.8. The monoisotopic (exact) mass is 281 g/mol. The van der Waals surface area contributed by atoms with Crippen molar-refractivity contribution in [3.05, 3.63) is 17.5 Å². The van der Waals surface area contributed by atoms with E-state index in [4.69, 9.17) is 0 Å². The van der Waals surface area contributed by atoms with Crippen LogP contribution in [0.2, 0.25) is 0 Å². The molecule has 8 heteroatoms. The van der Waals surface area contributed by atoms with E-state index < -0.39 is 0 Å². The maximum atomic E-state index is 11.7. The first-order valence-corrected chi connectivity index (χ1v) is 6.93. The highest BCUT2D eigenvalue weighted by molar-refractivity contribution is 8.00. The first-order valence-electron chi connectivity index (χ1n) is 5.77. The predicted octanol–water partition coefficient (Wildman–Crippen LogP) is 0.0694. The molecule has 0 atom stereocenters. The van der Waals surface area contributed by atoms with Gasteiger partial charge in [-0.25, -0.2) is 9.97 Å². The first-order chi connectivity index (χ1) is 9.04. The molecule has 0 spiro atoms. The predicted molar refractivity (Wildman–Crippen MR) is 72.3 cm³/mol. The van der Waals surface area contributed by atoms with Crippen LogP contribution in [0.3, 0.4) is 0 Å². The molecule has 1 aromatic heterocycles. The smallest absolute Gasteiger partial charge is 0.258 e. The molecule has 2 amide bonds. The molecule has 0 unspecified atom stereocenters. The quantitative estimate of drug-likeness (QED) is 0.759. The number of nitrogens with zero attached hydrogens (tertiary/aromatic N) is 3. The van der Waals surface area contributed by atoms with Gasteiger partial charge in [-0.2, -0.15) is 0 Å². The number of nitrogens with one attached hydrogen (secondary N) is 2. The lowest BCUT2D eigenvalue weighted by atomic mass is 10.4. The summed E-state index contributed by atoms with van der Waals surface area (Å²) in [5, 5.41) is 0. The number of aromatic nitrogens is 2. The second-order valence-corrected chi connectivity index (χ2v) is 5.17. The van der Waals surface area contributed by atoms with Gasteiger partial charge < -0.3 is 4.90 Å². The van der Waals surface area contributed by atoms with E-state index in [9.17, 15) is 9.59 Å². The Morgan fingerprint density at radius 1 is 1.42 bits per heavy atom. The van der Waals surface area contributed by atoms with Crippen LogP contribution in [-0.4, -0.2) is 44.9 Å². The summed E-state index contributed by atoms with van der Waals surface area (Å²) < 4.78 is 0. The van der Waals surface area contributed by atoms with Crippen molar-refractivity contribution in [1.82, 2.24) is 20.3 Å². The van der Waals surface area contributed by atoms with Crippen LogP contribution in [0.4, 0.5) is 5.95 Å². The van der Waals surface area contributed by atoms with Crippen LogP contribution in [0.1, 0.15) is 11.4 Å². The number of amides is 2. The number of hydrogen-bond donors (Lipinski definition) is 2. The lowest BCUT2D eigenvalue weighted by Crippen LogP contribution is -2.40. The van der Waals surface area contributed by atoms with E-state index in [0.717, 1.165) is 11.4 Å². The summed E-state index contributed by atoms with van der Waals surface area (Å²) in [6.07, 6.45) is 0.